The molecule has 17 heteroatoms. The van der Waals surface area contributed by atoms with Gasteiger partial charge in [-0.1, -0.05) is 55.8 Å². The fourth-order valence-electron chi connectivity index (χ4n) is 4.69. The van der Waals surface area contributed by atoms with Crippen molar-refractivity contribution in [3.8, 4) is 5.75 Å². The van der Waals surface area contributed by atoms with E-state index < -0.39 is 77.9 Å². The summed E-state index contributed by atoms with van der Waals surface area (Å²) < 4.78 is 86.3. The summed E-state index contributed by atoms with van der Waals surface area (Å²) >= 11 is 6.10. The first kappa shape index (κ1) is 40.3. The van der Waals surface area contributed by atoms with Crippen LogP contribution in [-0.4, -0.2) is 67.2 Å². The minimum atomic E-state index is -5.05. The molecule has 10 nitrogen and oxygen atoms in total. The Balaban J connectivity index is 1.97. The Bertz CT molecular complexity index is 1740. The first-order valence-electron chi connectivity index (χ1n) is 15.1. The molecule has 3 aromatic carbocycles. The van der Waals surface area contributed by atoms with Crippen LogP contribution in [0.2, 0.25) is 5.02 Å². The van der Waals surface area contributed by atoms with Crippen molar-refractivity contribution >= 4 is 41.0 Å². The van der Waals surface area contributed by atoms with Crippen LogP contribution >= 0.6 is 11.6 Å². The second-order valence-electron chi connectivity index (χ2n) is 11.6. The van der Waals surface area contributed by atoms with Gasteiger partial charge in [-0.05, 0) is 59.5 Å². The molecule has 2 unspecified atom stereocenters. The Kier molecular flexibility index (Phi) is 13.6. The van der Waals surface area contributed by atoms with Crippen molar-refractivity contribution < 1.29 is 55.1 Å². The number of benzene rings is 3. The zero-order chi connectivity index (χ0) is 38.1. The summed E-state index contributed by atoms with van der Waals surface area (Å²) in [7, 11) is 1.35. The lowest BCUT2D eigenvalue weighted by Gasteiger charge is -2.28. The molecule has 3 atom stereocenters. The minimum absolute atomic E-state index is 0.0456. The van der Waals surface area contributed by atoms with Gasteiger partial charge >= 0.3 is 12.1 Å². The van der Waals surface area contributed by atoms with Gasteiger partial charge in [0.05, 0.1) is 13.2 Å². The highest BCUT2D eigenvalue weighted by molar-refractivity contribution is 6.30. The number of ketones is 1. The highest BCUT2D eigenvalue weighted by Gasteiger charge is 2.52. The fraction of sp³-hybridized carbons (Fsp3) is 0.324. The molecule has 0 heterocycles. The van der Waals surface area contributed by atoms with E-state index in [1.54, 1.807) is 18.2 Å². The van der Waals surface area contributed by atoms with Crippen LogP contribution in [0.1, 0.15) is 41.4 Å². The third-order valence-corrected chi connectivity index (χ3v) is 7.56. The highest BCUT2D eigenvalue weighted by Crippen LogP contribution is 2.24. The molecule has 4 amide bonds. The molecule has 0 aromatic heterocycles. The van der Waals surface area contributed by atoms with E-state index in [2.05, 4.69) is 16.0 Å². The Morgan fingerprint density at radius 2 is 1.47 bits per heavy atom. The zero-order valence-electron chi connectivity index (χ0n) is 27.2. The average Bonchev–Trinajstić information content (AvgIpc) is 3.07. The second kappa shape index (κ2) is 17.2. The standard InChI is InChI=1S/C34H33ClF6N4O6/c1-18(2)26(28(46)34(40,41)32(50)42-17-33(37,38)39)44-31(49)27(20-10-12-24(51-3)13-11-20)45-30(48)25(15-19-6-4-8-22(35)14-19)43-29(47)21-7-5-9-23(36)16-21/h4-14,16,18,25-27H,15,17H2,1-3H3,(H,42,50)(H,43,47)(H,44,49)(H,45,48)/t25?,26-,27?/m0/s1. The number of carbonyl (C=O) groups is 5. The summed E-state index contributed by atoms with van der Waals surface area (Å²) in [5.74, 6) is -14.3. The van der Waals surface area contributed by atoms with Gasteiger partial charge in [-0.3, -0.25) is 24.0 Å². The molecule has 0 aliphatic heterocycles. The zero-order valence-corrected chi connectivity index (χ0v) is 28.0. The molecule has 0 aliphatic rings. The van der Waals surface area contributed by atoms with Gasteiger partial charge in [0.1, 0.15) is 30.2 Å². The molecule has 0 radical (unpaired) electrons. The number of hydrogen-bond donors (Lipinski definition) is 4. The Labute approximate surface area is 293 Å². The lowest BCUT2D eigenvalue weighted by Crippen LogP contribution is -2.58. The molecule has 3 rings (SSSR count). The van der Waals surface area contributed by atoms with Crippen LogP contribution in [-0.2, 0) is 25.6 Å². The van der Waals surface area contributed by atoms with Crippen molar-refractivity contribution in [2.75, 3.05) is 13.7 Å². The van der Waals surface area contributed by atoms with Crippen LogP contribution in [0.25, 0.3) is 0 Å². The molecule has 274 valence electrons. The van der Waals surface area contributed by atoms with Crippen molar-refractivity contribution in [1.82, 2.24) is 21.3 Å². The summed E-state index contributed by atoms with van der Waals surface area (Å²) in [5.41, 5.74) is 0.371. The molecule has 0 saturated heterocycles. The van der Waals surface area contributed by atoms with Crippen LogP contribution in [0.4, 0.5) is 26.3 Å². The third-order valence-electron chi connectivity index (χ3n) is 7.33. The molecule has 51 heavy (non-hydrogen) atoms. The van der Waals surface area contributed by atoms with E-state index in [-0.39, 0.29) is 17.5 Å². The van der Waals surface area contributed by atoms with Gasteiger partial charge in [-0.15, -0.1) is 0 Å². The van der Waals surface area contributed by atoms with E-state index >= 15 is 0 Å². The van der Waals surface area contributed by atoms with Gasteiger partial charge in [0.2, 0.25) is 17.6 Å². The van der Waals surface area contributed by atoms with Gasteiger partial charge in [0.25, 0.3) is 11.8 Å². The number of ether oxygens (including phenoxy) is 1. The normalized spacial score (nSPS) is 13.4. The van der Waals surface area contributed by atoms with E-state index in [4.69, 9.17) is 16.3 Å². The van der Waals surface area contributed by atoms with Crippen molar-refractivity contribution in [3.05, 3.63) is 100 Å². The summed E-state index contributed by atoms with van der Waals surface area (Å²) in [6, 6.07) is 11.0. The maximum absolute atomic E-state index is 14.9. The molecular weight excluding hydrogens is 710 g/mol. The average molecular weight is 743 g/mol. The number of nitrogens with one attached hydrogen (secondary N) is 4. The molecule has 0 saturated carbocycles. The number of amides is 4. The van der Waals surface area contributed by atoms with E-state index in [0.717, 1.165) is 17.4 Å². The summed E-state index contributed by atoms with van der Waals surface area (Å²) in [5, 5.41) is 8.27. The second-order valence-corrected chi connectivity index (χ2v) is 12.0. The van der Waals surface area contributed by atoms with Crippen LogP contribution in [0, 0.1) is 11.7 Å². The van der Waals surface area contributed by atoms with Gasteiger partial charge < -0.3 is 26.0 Å². The molecule has 0 spiro atoms. The maximum Gasteiger partial charge on any atom is 0.405 e. The minimum Gasteiger partial charge on any atom is -0.497 e. The highest BCUT2D eigenvalue weighted by atomic mass is 35.5. The van der Waals surface area contributed by atoms with E-state index in [0.29, 0.717) is 16.3 Å². The Hall–Kier alpha value is -5.12. The molecular formula is C34H33ClF6N4O6. The third kappa shape index (κ3) is 11.5. The van der Waals surface area contributed by atoms with E-state index in [1.807, 2.05) is 0 Å². The Morgan fingerprint density at radius 1 is 0.824 bits per heavy atom. The van der Waals surface area contributed by atoms with Gasteiger partial charge in [0, 0.05) is 17.0 Å². The molecule has 0 fully saturated rings. The van der Waals surface area contributed by atoms with Crippen molar-refractivity contribution in [3.63, 3.8) is 0 Å². The van der Waals surface area contributed by atoms with Gasteiger partial charge in [-0.25, -0.2) is 4.39 Å². The van der Waals surface area contributed by atoms with Crippen molar-refractivity contribution in [2.45, 2.75) is 50.5 Å². The number of Topliss-reactive ketones (excluding diaryl/α,β-unsaturated/α-hetero) is 1. The van der Waals surface area contributed by atoms with Crippen molar-refractivity contribution in [1.29, 1.82) is 0 Å². The number of methoxy groups -OCH3 is 1. The molecule has 0 aliphatic carbocycles. The quantitative estimate of drug-likeness (QED) is 0.131. The van der Waals surface area contributed by atoms with E-state index in [1.165, 1.54) is 63.4 Å². The van der Waals surface area contributed by atoms with Gasteiger partial charge in [0.15, 0.2) is 0 Å². The Morgan fingerprint density at radius 3 is 2.04 bits per heavy atom. The maximum atomic E-state index is 14.9. The van der Waals surface area contributed by atoms with E-state index in [9.17, 15) is 50.3 Å². The lowest BCUT2D eigenvalue weighted by atomic mass is 9.94. The summed E-state index contributed by atoms with van der Waals surface area (Å²) in [6.07, 6.45) is -5.25. The summed E-state index contributed by atoms with van der Waals surface area (Å²) in [4.78, 5) is 65.6. The van der Waals surface area contributed by atoms with Crippen molar-refractivity contribution in [2.24, 2.45) is 5.92 Å². The number of alkyl halides is 5. The van der Waals surface area contributed by atoms with Crippen LogP contribution in [0.5, 0.6) is 5.75 Å². The smallest absolute Gasteiger partial charge is 0.405 e. The number of halogens is 7. The van der Waals surface area contributed by atoms with Crippen LogP contribution in [0.15, 0.2) is 72.8 Å². The SMILES string of the molecule is COc1ccc(C(NC(=O)C(Cc2cccc(Cl)c2)NC(=O)c2cccc(F)c2)C(=O)N[C@H](C(=O)C(F)(F)C(=O)NCC(F)(F)F)C(C)C)cc1. The lowest BCUT2D eigenvalue weighted by molar-refractivity contribution is -0.165. The molecule has 0 bridgehead atoms. The fourth-order valence-corrected chi connectivity index (χ4v) is 4.90. The predicted octanol–water partition coefficient (Wildman–Crippen LogP) is 4.71. The molecule has 3 aromatic rings. The first-order valence-corrected chi connectivity index (χ1v) is 15.5. The monoisotopic (exact) mass is 742 g/mol. The number of carbonyl (C=O) groups excluding carboxylic acids is 5. The van der Waals surface area contributed by atoms with Crippen LogP contribution < -0.4 is 26.0 Å². The number of rotatable bonds is 15. The molecule has 4 N–H and O–H groups in total. The topological polar surface area (TPSA) is 143 Å². The van der Waals surface area contributed by atoms with Gasteiger partial charge in [-0.2, -0.15) is 22.0 Å². The van der Waals surface area contributed by atoms with Crippen LogP contribution in [0.3, 0.4) is 0 Å². The summed E-state index contributed by atoms with van der Waals surface area (Å²) in [6.45, 7) is 0.331. The predicted molar refractivity (Wildman–Crippen MR) is 172 cm³/mol. The largest absolute Gasteiger partial charge is 0.497 e. The first-order chi connectivity index (χ1) is 23.8. The number of hydrogen-bond acceptors (Lipinski definition) is 6.